The highest BCUT2D eigenvalue weighted by Gasteiger charge is 2.22. The molecule has 0 aromatic carbocycles. The SMILES string of the molecule is CC/C=C(\C)[C@@H]1OC[C@@H](C)O1. The van der Waals surface area contributed by atoms with Crippen LogP contribution in [-0.2, 0) is 9.47 Å². The smallest absolute Gasteiger partial charge is 0.180 e. The quantitative estimate of drug-likeness (QED) is 0.570. The Morgan fingerprint density at radius 2 is 2.36 bits per heavy atom. The van der Waals surface area contributed by atoms with Gasteiger partial charge in [0, 0.05) is 0 Å². The normalized spacial score (nSPS) is 32.8. The average Bonchev–Trinajstić information content (AvgIpc) is 2.36. The van der Waals surface area contributed by atoms with E-state index in [1.165, 1.54) is 5.57 Å². The maximum atomic E-state index is 5.49. The average molecular weight is 156 g/mol. The first kappa shape index (κ1) is 8.75. The van der Waals surface area contributed by atoms with Gasteiger partial charge in [-0.3, -0.25) is 0 Å². The Bertz CT molecular complexity index is 152. The Morgan fingerprint density at radius 3 is 2.82 bits per heavy atom. The van der Waals surface area contributed by atoms with Crippen LogP contribution in [0.2, 0.25) is 0 Å². The molecule has 0 amide bonds. The van der Waals surface area contributed by atoms with Gasteiger partial charge in [0.1, 0.15) is 0 Å². The molecule has 1 aliphatic heterocycles. The number of rotatable bonds is 2. The van der Waals surface area contributed by atoms with Crippen LogP contribution in [0.5, 0.6) is 0 Å². The predicted octanol–water partition coefficient (Wildman–Crippen LogP) is 2.10. The molecule has 1 saturated heterocycles. The van der Waals surface area contributed by atoms with Gasteiger partial charge < -0.3 is 9.47 Å². The van der Waals surface area contributed by atoms with Crippen LogP contribution in [-0.4, -0.2) is 19.0 Å². The lowest BCUT2D eigenvalue weighted by Crippen LogP contribution is -2.10. The minimum Gasteiger partial charge on any atom is -0.346 e. The van der Waals surface area contributed by atoms with E-state index < -0.39 is 0 Å². The fraction of sp³-hybridized carbons (Fsp3) is 0.778. The molecule has 0 radical (unpaired) electrons. The van der Waals surface area contributed by atoms with E-state index in [0.717, 1.165) is 13.0 Å². The van der Waals surface area contributed by atoms with Crippen LogP contribution >= 0.6 is 0 Å². The molecule has 0 saturated carbocycles. The molecule has 64 valence electrons. The molecule has 11 heavy (non-hydrogen) atoms. The molecule has 1 rings (SSSR count). The van der Waals surface area contributed by atoms with Crippen molar-refractivity contribution in [2.24, 2.45) is 0 Å². The molecule has 0 aromatic rings. The Labute approximate surface area is 68.2 Å². The van der Waals surface area contributed by atoms with E-state index in [-0.39, 0.29) is 12.4 Å². The van der Waals surface area contributed by atoms with E-state index in [0.29, 0.717) is 0 Å². The first-order valence-electron chi connectivity index (χ1n) is 4.17. The summed E-state index contributed by atoms with van der Waals surface area (Å²) in [6.45, 7) is 6.91. The van der Waals surface area contributed by atoms with Crippen LogP contribution in [0, 0.1) is 0 Å². The van der Waals surface area contributed by atoms with Crippen molar-refractivity contribution in [3.63, 3.8) is 0 Å². The maximum Gasteiger partial charge on any atom is 0.180 e. The Kier molecular flexibility index (Phi) is 3.09. The predicted molar refractivity (Wildman–Crippen MR) is 44.3 cm³/mol. The van der Waals surface area contributed by atoms with Gasteiger partial charge in [-0.15, -0.1) is 0 Å². The fourth-order valence-electron chi connectivity index (χ4n) is 1.17. The molecule has 0 unspecified atom stereocenters. The molecule has 0 spiro atoms. The summed E-state index contributed by atoms with van der Waals surface area (Å²) in [5.41, 5.74) is 1.19. The van der Waals surface area contributed by atoms with Gasteiger partial charge in [0.25, 0.3) is 0 Å². The van der Waals surface area contributed by atoms with Crippen LogP contribution in [0.4, 0.5) is 0 Å². The summed E-state index contributed by atoms with van der Waals surface area (Å²) in [7, 11) is 0. The molecule has 0 N–H and O–H groups in total. The lowest BCUT2D eigenvalue weighted by atomic mass is 10.2. The molecular formula is C9H16O2. The van der Waals surface area contributed by atoms with E-state index in [2.05, 4.69) is 13.0 Å². The first-order chi connectivity index (χ1) is 5.24. The monoisotopic (exact) mass is 156 g/mol. The van der Waals surface area contributed by atoms with Gasteiger partial charge in [-0.05, 0) is 25.8 Å². The van der Waals surface area contributed by atoms with Crippen molar-refractivity contribution in [2.45, 2.75) is 39.6 Å². The molecule has 2 atom stereocenters. The second kappa shape index (κ2) is 3.88. The van der Waals surface area contributed by atoms with Gasteiger partial charge in [0.2, 0.25) is 0 Å². The number of hydrogen-bond acceptors (Lipinski definition) is 2. The third-order valence-corrected chi connectivity index (χ3v) is 1.74. The standard InChI is InChI=1S/C9H16O2/c1-4-5-7(2)9-10-6-8(3)11-9/h5,8-9H,4,6H2,1-3H3/b7-5+/t8-,9-/m1/s1. The Hall–Kier alpha value is -0.340. The van der Waals surface area contributed by atoms with Crippen LogP contribution in [0.1, 0.15) is 27.2 Å². The van der Waals surface area contributed by atoms with Crippen molar-refractivity contribution >= 4 is 0 Å². The highest BCUT2D eigenvalue weighted by molar-refractivity contribution is 5.02. The Morgan fingerprint density at radius 1 is 1.64 bits per heavy atom. The summed E-state index contributed by atoms with van der Waals surface area (Å²) >= 11 is 0. The molecule has 0 bridgehead atoms. The number of hydrogen-bond donors (Lipinski definition) is 0. The van der Waals surface area contributed by atoms with E-state index in [1.807, 2.05) is 13.8 Å². The molecule has 1 fully saturated rings. The lowest BCUT2D eigenvalue weighted by molar-refractivity contribution is -0.0252. The maximum absolute atomic E-state index is 5.49. The number of ether oxygens (including phenoxy) is 2. The summed E-state index contributed by atoms with van der Waals surface area (Å²) in [6.07, 6.45) is 3.36. The molecule has 1 heterocycles. The third-order valence-electron chi connectivity index (χ3n) is 1.74. The van der Waals surface area contributed by atoms with Crippen molar-refractivity contribution in [3.05, 3.63) is 11.6 Å². The second-order valence-corrected chi connectivity index (χ2v) is 2.97. The molecule has 1 aliphatic rings. The second-order valence-electron chi connectivity index (χ2n) is 2.97. The van der Waals surface area contributed by atoms with E-state index >= 15 is 0 Å². The van der Waals surface area contributed by atoms with Gasteiger partial charge in [-0.25, -0.2) is 0 Å². The van der Waals surface area contributed by atoms with Crippen LogP contribution in [0.25, 0.3) is 0 Å². The van der Waals surface area contributed by atoms with Gasteiger partial charge in [-0.1, -0.05) is 13.0 Å². The largest absolute Gasteiger partial charge is 0.346 e. The third kappa shape index (κ3) is 2.31. The zero-order valence-electron chi connectivity index (χ0n) is 7.46. The summed E-state index contributed by atoms with van der Waals surface area (Å²) in [4.78, 5) is 0. The Balaban J connectivity index is 2.43. The molecule has 2 nitrogen and oxygen atoms in total. The number of allylic oxidation sites excluding steroid dienone is 1. The zero-order chi connectivity index (χ0) is 8.27. The molecular weight excluding hydrogens is 140 g/mol. The van der Waals surface area contributed by atoms with Crippen LogP contribution in [0.3, 0.4) is 0 Å². The molecule has 0 aliphatic carbocycles. The van der Waals surface area contributed by atoms with Crippen molar-refractivity contribution in [3.8, 4) is 0 Å². The zero-order valence-corrected chi connectivity index (χ0v) is 7.46. The van der Waals surface area contributed by atoms with Gasteiger partial charge in [0.15, 0.2) is 6.29 Å². The van der Waals surface area contributed by atoms with Gasteiger partial charge in [0.05, 0.1) is 12.7 Å². The highest BCUT2D eigenvalue weighted by atomic mass is 16.7. The molecule has 0 aromatic heterocycles. The van der Waals surface area contributed by atoms with E-state index in [4.69, 9.17) is 9.47 Å². The topological polar surface area (TPSA) is 18.5 Å². The minimum absolute atomic E-state index is 0.0788. The van der Waals surface area contributed by atoms with Gasteiger partial charge in [-0.2, -0.15) is 0 Å². The lowest BCUT2D eigenvalue weighted by Gasteiger charge is -2.09. The summed E-state index contributed by atoms with van der Waals surface area (Å²) in [6, 6.07) is 0. The van der Waals surface area contributed by atoms with Crippen molar-refractivity contribution in [1.82, 2.24) is 0 Å². The highest BCUT2D eigenvalue weighted by Crippen LogP contribution is 2.17. The first-order valence-corrected chi connectivity index (χ1v) is 4.17. The summed E-state index contributed by atoms with van der Waals surface area (Å²) in [5, 5.41) is 0. The van der Waals surface area contributed by atoms with Gasteiger partial charge >= 0.3 is 0 Å². The summed E-state index contributed by atoms with van der Waals surface area (Å²) < 4.78 is 10.9. The van der Waals surface area contributed by atoms with E-state index in [9.17, 15) is 0 Å². The van der Waals surface area contributed by atoms with Crippen molar-refractivity contribution < 1.29 is 9.47 Å². The fourth-order valence-corrected chi connectivity index (χ4v) is 1.17. The minimum atomic E-state index is -0.0788. The van der Waals surface area contributed by atoms with Crippen molar-refractivity contribution in [2.75, 3.05) is 6.61 Å². The van der Waals surface area contributed by atoms with Crippen LogP contribution in [0.15, 0.2) is 11.6 Å². The van der Waals surface area contributed by atoms with Crippen LogP contribution < -0.4 is 0 Å². The van der Waals surface area contributed by atoms with Crippen molar-refractivity contribution in [1.29, 1.82) is 0 Å². The van der Waals surface area contributed by atoms with E-state index in [1.54, 1.807) is 0 Å². The summed E-state index contributed by atoms with van der Waals surface area (Å²) in [5.74, 6) is 0. The molecule has 2 heteroatoms.